The predicted octanol–water partition coefficient (Wildman–Crippen LogP) is 0.842. The van der Waals surface area contributed by atoms with Gasteiger partial charge in [-0.1, -0.05) is 6.08 Å². The Bertz CT molecular complexity index is 251. The molecule has 15 heavy (non-hydrogen) atoms. The van der Waals surface area contributed by atoms with Crippen molar-refractivity contribution in [2.45, 2.75) is 50.5 Å². The number of aliphatic hydroxyl groups excluding tert-OH is 1. The van der Waals surface area contributed by atoms with Crippen LogP contribution in [0, 0.1) is 0 Å². The minimum absolute atomic E-state index is 0.0335. The molecular formula is C11H18O4. The van der Waals surface area contributed by atoms with Crippen molar-refractivity contribution in [1.29, 1.82) is 0 Å². The van der Waals surface area contributed by atoms with Crippen LogP contribution in [0.25, 0.3) is 0 Å². The first-order valence-corrected chi connectivity index (χ1v) is 5.30. The van der Waals surface area contributed by atoms with E-state index in [2.05, 4.69) is 6.58 Å². The first kappa shape index (κ1) is 11.1. The Morgan fingerprint density at radius 2 is 1.87 bits per heavy atom. The zero-order valence-corrected chi connectivity index (χ0v) is 9.18. The van der Waals surface area contributed by atoms with Gasteiger partial charge >= 0.3 is 0 Å². The Labute approximate surface area is 89.8 Å². The highest BCUT2D eigenvalue weighted by molar-refractivity contribution is 4.99. The lowest BCUT2D eigenvalue weighted by molar-refractivity contribution is -0.189. The normalized spacial score (nSPS) is 42.9. The number of rotatable bonds is 3. The third-order valence-corrected chi connectivity index (χ3v) is 2.82. The highest BCUT2D eigenvalue weighted by atomic mass is 16.8. The molecule has 2 aliphatic rings. The number of hydrogen-bond acceptors (Lipinski definition) is 4. The summed E-state index contributed by atoms with van der Waals surface area (Å²) in [5.74, 6) is -0.577. The molecule has 0 unspecified atom stereocenters. The molecule has 4 nitrogen and oxygen atoms in total. The van der Waals surface area contributed by atoms with Gasteiger partial charge in [0.15, 0.2) is 5.79 Å². The van der Waals surface area contributed by atoms with Crippen LogP contribution in [-0.4, -0.2) is 41.9 Å². The minimum Gasteiger partial charge on any atom is -0.394 e. The van der Waals surface area contributed by atoms with Crippen molar-refractivity contribution in [3.05, 3.63) is 12.7 Å². The summed E-state index contributed by atoms with van der Waals surface area (Å²) in [5, 5.41) is 9.18. The van der Waals surface area contributed by atoms with Gasteiger partial charge in [-0.3, -0.25) is 0 Å². The highest BCUT2D eigenvalue weighted by Crippen LogP contribution is 2.39. The zero-order valence-electron chi connectivity index (χ0n) is 9.18. The third-order valence-electron chi connectivity index (χ3n) is 2.82. The summed E-state index contributed by atoms with van der Waals surface area (Å²) in [4.78, 5) is 0. The Balaban J connectivity index is 2.11. The molecule has 0 radical (unpaired) electrons. The molecule has 86 valence electrons. The summed E-state index contributed by atoms with van der Waals surface area (Å²) in [6.45, 7) is 7.41. The number of fused-ring (bicyclic) bond motifs is 1. The fourth-order valence-corrected chi connectivity index (χ4v) is 2.27. The Hall–Kier alpha value is -0.420. The standard InChI is InChI=1S/C11H18O4/c1-4-5-7-9-10(8(6-12)13-7)15-11(2,3)14-9/h4,7-10,12H,1,5-6H2,2-3H3/t7-,8-,9+,10-/m1/s1. The van der Waals surface area contributed by atoms with Crippen molar-refractivity contribution < 1.29 is 19.3 Å². The largest absolute Gasteiger partial charge is 0.394 e. The molecule has 2 heterocycles. The van der Waals surface area contributed by atoms with Crippen LogP contribution in [0.15, 0.2) is 12.7 Å². The van der Waals surface area contributed by atoms with Crippen molar-refractivity contribution in [3.8, 4) is 0 Å². The van der Waals surface area contributed by atoms with Crippen LogP contribution >= 0.6 is 0 Å². The van der Waals surface area contributed by atoms with Gasteiger partial charge in [0.1, 0.15) is 18.3 Å². The molecule has 2 fully saturated rings. The maximum absolute atomic E-state index is 9.18. The van der Waals surface area contributed by atoms with Gasteiger partial charge in [0.05, 0.1) is 12.7 Å². The lowest BCUT2D eigenvalue weighted by Crippen LogP contribution is -2.31. The lowest BCUT2D eigenvalue weighted by Gasteiger charge is -2.23. The molecule has 0 aromatic carbocycles. The second-order valence-corrected chi connectivity index (χ2v) is 4.48. The van der Waals surface area contributed by atoms with E-state index in [-0.39, 0.29) is 31.0 Å². The van der Waals surface area contributed by atoms with Gasteiger partial charge in [-0.15, -0.1) is 6.58 Å². The molecule has 4 atom stereocenters. The van der Waals surface area contributed by atoms with E-state index in [4.69, 9.17) is 14.2 Å². The van der Waals surface area contributed by atoms with Crippen LogP contribution in [0.4, 0.5) is 0 Å². The first-order chi connectivity index (χ1) is 7.07. The molecule has 0 saturated carbocycles. The second kappa shape index (κ2) is 3.87. The fourth-order valence-electron chi connectivity index (χ4n) is 2.27. The van der Waals surface area contributed by atoms with Gasteiger partial charge in [0.2, 0.25) is 0 Å². The quantitative estimate of drug-likeness (QED) is 0.707. The molecule has 0 aliphatic carbocycles. The zero-order chi connectivity index (χ0) is 11.1. The summed E-state index contributed by atoms with van der Waals surface area (Å²) in [6.07, 6.45) is 1.95. The van der Waals surface area contributed by atoms with Gasteiger partial charge < -0.3 is 19.3 Å². The molecule has 2 rings (SSSR count). The van der Waals surface area contributed by atoms with Crippen LogP contribution < -0.4 is 0 Å². The van der Waals surface area contributed by atoms with E-state index >= 15 is 0 Å². The molecule has 0 bridgehead atoms. The predicted molar refractivity (Wildman–Crippen MR) is 54.4 cm³/mol. The smallest absolute Gasteiger partial charge is 0.164 e. The van der Waals surface area contributed by atoms with E-state index in [0.717, 1.165) is 6.42 Å². The van der Waals surface area contributed by atoms with E-state index in [9.17, 15) is 5.11 Å². The molecule has 2 saturated heterocycles. The van der Waals surface area contributed by atoms with E-state index in [1.54, 1.807) is 6.08 Å². The highest BCUT2D eigenvalue weighted by Gasteiger charge is 2.54. The van der Waals surface area contributed by atoms with E-state index in [1.165, 1.54) is 0 Å². The Morgan fingerprint density at radius 1 is 1.27 bits per heavy atom. The number of ether oxygens (including phenoxy) is 3. The Kier molecular flexibility index (Phi) is 2.85. The number of hydrogen-bond donors (Lipinski definition) is 1. The second-order valence-electron chi connectivity index (χ2n) is 4.48. The maximum Gasteiger partial charge on any atom is 0.164 e. The van der Waals surface area contributed by atoms with Gasteiger partial charge in [-0.2, -0.15) is 0 Å². The average molecular weight is 214 g/mol. The van der Waals surface area contributed by atoms with Crippen LogP contribution in [0.3, 0.4) is 0 Å². The van der Waals surface area contributed by atoms with Crippen molar-refractivity contribution in [1.82, 2.24) is 0 Å². The summed E-state index contributed by atoms with van der Waals surface area (Å²) < 4.78 is 17.1. The van der Waals surface area contributed by atoms with E-state index in [0.29, 0.717) is 0 Å². The van der Waals surface area contributed by atoms with Gasteiger partial charge in [0, 0.05) is 0 Å². The molecule has 0 aromatic heterocycles. The molecule has 4 heteroatoms. The summed E-state index contributed by atoms with van der Waals surface area (Å²) in [7, 11) is 0. The summed E-state index contributed by atoms with van der Waals surface area (Å²) >= 11 is 0. The fraction of sp³-hybridized carbons (Fsp3) is 0.818. The maximum atomic E-state index is 9.18. The van der Waals surface area contributed by atoms with E-state index in [1.807, 2.05) is 13.8 Å². The number of aliphatic hydroxyl groups is 1. The van der Waals surface area contributed by atoms with Crippen molar-refractivity contribution in [3.63, 3.8) is 0 Å². The molecule has 0 amide bonds. The topological polar surface area (TPSA) is 47.9 Å². The average Bonchev–Trinajstić information content (AvgIpc) is 2.61. The molecule has 0 spiro atoms. The molecule has 0 aromatic rings. The van der Waals surface area contributed by atoms with Gasteiger partial charge in [0.25, 0.3) is 0 Å². The first-order valence-electron chi connectivity index (χ1n) is 5.30. The van der Waals surface area contributed by atoms with Crippen LogP contribution in [-0.2, 0) is 14.2 Å². The molecule has 1 N–H and O–H groups in total. The Morgan fingerprint density at radius 3 is 2.40 bits per heavy atom. The lowest BCUT2D eigenvalue weighted by atomic mass is 10.1. The van der Waals surface area contributed by atoms with Gasteiger partial charge in [-0.05, 0) is 20.3 Å². The molecular weight excluding hydrogens is 196 g/mol. The third kappa shape index (κ3) is 1.95. The van der Waals surface area contributed by atoms with Crippen molar-refractivity contribution in [2.24, 2.45) is 0 Å². The minimum atomic E-state index is -0.577. The van der Waals surface area contributed by atoms with Crippen LogP contribution in [0.5, 0.6) is 0 Å². The van der Waals surface area contributed by atoms with Gasteiger partial charge in [-0.25, -0.2) is 0 Å². The van der Waals surface area contributed by atoms with Crippen LogP contribution in [0.2, 0.25) is 0 Å². The SMILES string of the molecule is C=CC[C@H]1O[C@H](CO)[C@H]2OC(C)(C)O[C@H]21. The molecule has 2 aliphatic heterocycles. The van der Waals surface area contributed by atoms with Crippen molar-refractivity contribution in [2.75, 3.05) is 6.61 Å². The summed E-state index contributed by atoms with van der Waals surface area (Å²) in [6, 6.07) is 0. The van der Waals surface area contributed by atoms with E-state index < -0.39 is 5.79 Å². The van der Waals surface area contributed by atoms with Crippen LogP contribution in [0.1, 0.15) is 20.3 Å². The monoisotopic (exact) mass is 214 g/mol. The van der Waals surface area contributed by atoms with Crippen molar-refractivity contribution >= 4 is 0 Å². The summed E-state index contributed by atoms with van der Waals surface area (Å²) in [5.41, 5.74) is 0.